The van der Waals surface area contributed by atoms with Gasteiger partial charge in [0, 0.05) is 25.4 Å². The average molecular weight is 469 g/mol. The van der Waals surface area contributed by atoms with Crippen molar-refractivity contribution < 1.29 is 22.7 Å². The van der Waals surface area contributed by atoms with E-state index in [4.69, 9.17) is 4.74 Å². The van der Waals surface area contributed by atoms with Gasteiger partial charge in [-0.1, -0.05) is 12.1 Å². The van der Waals surface area contributed by atoms with Gasteiger partial charge in [0.25, 0.3) is 5.91 Å². The van der Waals surface area contributed by atoms with Crippen LogP contribution >= 0.6 is 0 Å². The number of fused-ring (bicyclic) bond motifs is 1. The molecular weight excluding hydrogens is 445 g/mol. The molecule has 2 aliphatic rings. The highest BCUT2D eigenvalue weighted by atomic mass is 19.4. The van der Waals surface area contributed by atoms with Gasteiger partial charge in [-0.15, -0.1) is 10.2 Å². The molecule has 6 nitrogen and oxygen atoms in total. The molecule has 5 rings (SSSR count). The highest BCUT2D eigenvalue weighted by molar-refractivity contribution is 6.10. The number of ether oxygens (including phenoxy) is 1. The molecule has 1 aliphatic carbocycles. The van der Waals surface area contributed by atoms with Gasteiger partial charge >= 0.3 is 6.18 Å². The molecule has 3 aromatic rings. The number of rotatable bonds is 4. The summed E-state index contributed by atoms with van der Waals surface area (Å²) in [7, 11) is 3.55. The van der Waals surface area contributed by atoms with Gasteiger partial charge in [0.05, 0.1) is 23.1 Å². The molecule has 1 aliphatic heterocycles. The normalized spacial score (nSPS) is 24.3. The Balaban J connectivity index is 1.56. The van der Waals surface area contributed by atoms with Crippen molar-refractivity contribution in [3.8, 4) is 0 Å². The SMILES string of the molecule is [CH2]c1cc2c(c(C(F)(F)F)c1)CN(c1cccc(C3(c4nncn4C)CC(C)(OC)C3)c1)C2=O. The van der Waals surface area contributed by atoms with Gasteiger partial charge in [-0.2, -0.15) is 13.2 Å². The van der Waals surface area contributed by atoms with E-state index in [-0.39, 0.29) is 28.8 Å². The van der Waals surface area contributed by atoms with Gasteiger partial charge in [0.15, 0.2) is 0 Å². The molecular formula is C25H24F3N4O2. The quantitative estimate of drug-likeness (QED) is 0.558. The molecule has 0 saturated heterocycles. The standard InChI is InChI=1S/C25H24F3N4O2/c1-15-8-18-19(20(9-15)25(26,27)28)11-32(21(18)33)17-7-5-6-16(10-17)24(12-23(2,13-24)34-4)22-30-29-14-31(22)3/h5-10,14H,1,11-13H2,2-4H3. The summed E-state index contributed by atoms with van der Waals surface area (Å²) in [5.41, 5.74) is -0.0133. The largest absolute Gasteiger partial charge is 0.416 e. The molecule has 0 N–H and O–H groups in total. The van der Waals surface area contributed by atoms with E-state index >= 15 is 0 Å². The van der Waals surface area contributed by atoms with Crippen LogP contribution in [0.4, 0.5) is 18.9 Å². The minimum absolute atomic E-state index is 0.0195. The number of carbonyl (C=O) groups excluding carboxylic acids is 1. The van der Waals surface area contributed by atoms with Crippen LogP contribution in [0.1, 0.15) is 58.2 Å². The fraction of sp³-hybridized carbons (Fsp3) is 0.360. The molecule has 2 aromatic carbocycles. The number of hydrogen-bond donors (Lipinski definition) is 0. The third kappa shape index (κ3) is 3.33. The van der Waals surface area contributed by atoms with Crippen LogP contribution in [0, 0.1) is 6.92 Å². The molecule has 0 atom stereocenters. The lowest BCUT2D eigenvalue weighted by atomic mass is 9.56. The topological polar surface area (TPSA) is 60.3 Å². The van der Waals surface area contributed by atoms with Crippen molar-refractivity contribution >= 4 is 11.6 Å². The Kier molecular flexibility index (Phi) is 4.91. The summed E-state index contributed by atoms with van der Waals surface area (Å²) in [5.74, 6) is 0.308. The Morgan fingerprint density at radius 1 is 1.18 bits per heavy atom. The van der Waals surface area contributed by atoms with Crippen molar-refractivity contribution in [1.82, 2.24) is 14.8 Å². The third-order valence-corrected chi connectivity index (χ3v) is 7.10. The minimum Gasteiger partial charge on any atom is -0.378 e. The maximum absolute atomic E-state index is 13.7. The summed E-state index contributed by atoms with van der Waals surface area (Å²) in [4.78, 5) is 14.6. The maximum atomic E-state index is 13.7. The Morgan fingerprint density at radius 3 is 2.53 bits per heavy atom. The maximum Gasteiger partial charge on any atom is 0.416 e. The van der Waals surface area contributed by atoms with Gasteiger partial charge in [-0.25, -0.2) is 0 Å². The smallest absolute Gasteiger partial charge is 0.378 e. The monoisotopic (exact) mass is 469 g/mol. The molecule has 0 spiro atoms. The Bertz CT molecular complexity index is 1290. The van der Waals surface area contributed by atoms with E-state index in [0.717, 1.165) is 17.5 Å². The van der Waals surface area contributed by atoms with Crippen molar-refractivity contribution in [2.24, 2.45) is 7.05 Å². The zero-order valence-electron chi connectivity index (χ0n) is 19.1. The number of aryl methyl sites for hydroxylation is 1. The molecule has 1 aromatic heterocycles. The lowest BCUT2D eigenvalue weighted by Crippen LogP contribution is -2.55. The van der Waals surface area contributed by atoms with E-state index in [1.165, 1.54) is 11.0 Å². The van der Waals surface area contributed by atoms with Crippen LogP contribution in [0.15, 0.2) is 42.7 Å². The van der Waals surface area contributed by atoms with Crippen LogP contribution in [0.2, 0.25) is 0 Å². The Morgan fingerprint density at radius 2 is 1.91 bits per heavy atom. The summed E-state index contributed by atoms with van der Waals surface area (Å²) in [6.07, 6.45) is -1.62. The molecule has 1 amide bonds. The molecule has 0 bridgehead atoms. The lowest BCUT2D eigenvalue weighted by Gasteiger charge is -2.53. The van der Waals surface area contributed by atoms with Crippen LogP contribution in [0.25, 0.3) is 0 Å². The highest BCUT2D eigenvalue weighted by Gasteiger charge is 2.57. The zero-order chi connectivity index (χ0) is 24.5. The molecule has 9 heteroatoms. The van der Waals surface area contributed by atoms with Crippen LogP contribution in [0.5, 0.6) is 0 Å². The predicted molar refractivity (Wildman–Crippen MR) is 119 cm³/mol. The Hall–Kier alpha value is -3.20. The average Bonchev–Trinajstić information content (AvgIpc) is 3.34. The van der Waals surface area contributed by atoms with Crippen LogP contribution in [0.3, 0.4) is 0 Å². The second kappa shape index (κ2) is 7.40. The predicted octanol–water partition coefficient (Wildman–Crippen LogP) is 4.66. The van der Waals surface area contributed by atoms with E-state index in [1.54, 1.807) is 19.5 Å². The van der Waals surface area contributed by atoms with Crippen molar-refractivity contribution in [3.63, 3.8) is 0 Å². The number of aromatic nitrogens is 3. The van der Waals surface area contributed by atoms with Gasteiger partial charge in [-0.05, 0) is 67.6 Å². The number of amides is 1. The summed E-state index contributed by atoms with van der Waals surface area (Å²) in [5, 5.41) is 8.40. The minimum atomic E-state index is -4.57. The van der Waals surface area contributed by atoms with Crippen molar-refractivity contribution in [3.05, 3.63) is 83.3 Å². The first-order valence-corrected chi connectivity index (χ1v) is 10.9. The van der Waals surface area contributed by atoms with E-state index in [1.807, 2.05) is 36.7 Å². The number of anilines is 1. The molecule has 1 radical (unpaired) electrons. The fourth-order valence-electron chi connectivity index (χ4n) is 5.48. The first kappa shape index (κ1) is 22.6. The summed E-state index contributed by atoms with van der Waals surface area (Å²) in [6.45, 7) is 5.51. The van der Waals surface area contributed by atoms with Crippen LogP contribution in [-0.2, 0) is 29.9 Å². The number of carbonyl (C=O) groups is 1. The molecule has 177 valence electrons. The summed E-state index contributed by atoms with van der Waals surface area (Å²) < 4.78 is 48.6. The van der Waals surface area contributed by atoms with E-state index in [2.05, 4.69) is 17.1 Å². The van der Waals surface area contributed by atoms with Crippen LogP contribution < -0.4 is 4.90 Å². The first-order valence-electron chi connectivity index (χ1n) is 10.9. The number of benzene rings is 2. The third-order valence-electron chi connectivity index (χ3n) is 7.10. The zero-order valence-corrected chi connectivity index (χ0v) is 19.1. The second-order valence-electron chi connectivity index (χ2n) is 9.46. The number of halogens is 3. The van der Waals surface area contributed by atoms with Gasteiger partial charge in [0.1, 0.15) is 12.2 Å². The van der Waals surface area contributed by atoms with E-state index in [0.29, 0.717) is 18.5 Å². The lowest BCUT2D eigenvalue weighted by molar-refractivity contribution is -0.138. The van der Waals surface area contributed by atoms with Crippen molar-refractivity contribution in [2.75, 3.05) is 12.0 Å². The van der Waals surface area contributed by atoms with Crippen molar-refractivity contribution in [2.45, 2.75) is 43.5 Å². The van der Waals surface area contributed by atoms with E-state index < -0.39 is 23.1 Å². The van der Waals surface area contributed by atoms with Gasteiger partial charge in [0.2, 0.25) is 0 Å². The summed E-state index contributed by atoms with van der Waals surface area (Å²) in [6, 6.07) is 9.80. The number of alkyl halides is 3. The first-order chi connectivity index (χ1) is 16.0. The Labute approximate surface area is 195 Å². The molecule has 0 unspecified atom stereocenters. The fourth-order valence-corrected chi connectivity index (χ4v) is 5.48. The number of methoxy groups -OCH3 is 1. The number of hydrogen-bond acceptors (Lipinski definition) is 4. The van der Waals surface area contributed by atoms with Gasteiger partial charge < -0.3 is 14.2 Å². The number of nitrogens with zero attached hydrogens (tertiary/aromatic N) is 4. The molecule has 1 fully saturated rings. The molecule has 1 saturated carbocycles. The summed E-state index contributed by atoms with van der Waals surface area (Å²) >= 11 is 0. The van der Waals surface area contributed by atoms with Crippen molar-refractivity contribution in [1.29, 1.82) is 0 Å². The second-order valence-corrected chi connectivity index (χ2v) is 9.46. The van der Waals surface area contributed by atoms with E-state index in [9.17, 15) is 18.0 Å². The molecule has 34 heavy (non-hydrogen) atoms. The molecule has 2 heterocycles. The van der Waals surface area contributed by atoms with Crippen LogP contribution in [-0.4, -0.2) is 33.4 Å². The van der Waals surface area contributed by atoms with Gasteiger partial charge in [-0.3, -0.25) is 4.79 Å². The highest BCUT2D eigenvalue weighted by Crippen LogP contribution is 2.55.